The summed E-state index contributed by atoms with van der Waals surface area (Å²) < 4.78 is 30.6. The summed E-state index contributed by atoms with van der Waals surface area (Å²) in [6.45, 7) is 7.03. The molecule has 3 atom stereocenters. The maximum atomic E-state index is 13.4. The van der Waals surface area contributed by atoms with Crippen molar-refractivity contribution in [3.05, 3.63) is 12.2 Å². The molecule has 3 unspecified atom stereocenters. The predicted molar refractivity (Wildman–Crippen MR) is 277 cm³/mol. The van der Waals surface area contributed by atoms with Gasteiger partial charge in [0.1, 0.15) is 19.3 Å². The molecular weight excluding hydrogens is 832 g/mol. The van der Waals surface area contributed by atoms with E-state index in [0.717, 1.165) is 57.8 Å². The van der Waals surface area contributed by atoms with Crippen LogP contribution in [0, 0.1) is 0 Å². The topological polar surface area (TPSA) is 111 Å². The third-order valence-electron chi connectivity index (χ3n) is 12.7. The number of hydrogen-bond donors (Lipinski definition) is 2. The Labute approximate surface area is 403 Å². The Morgan fingerprint density at radius 3 is 1.26 bits per heavy atom. The summed E-state index contributed by atoms with van der Waals surface area (Å²) in [7, 11) is 1.51. The molecule has 0 bridgehead atoms. The fourth-order valence-electron chi connectivity index (χ4n) is 8.35. The number of carbonyl (C=O) groups excluding carboxylic acids is 2. The molecule has 1 amide bonds. The summed E-state index contributed by atoms with van der Waals surface area (Å²) in [4.78, 5) is 37.5. The van der Waals surface area contributed by atoms with Crippen LogP contribution < -0.4 is 5.32 Å². The Hall–Kier alpha value is -1.25. The van der Waals surface area contributed by atoms with Crippen molar-refractivity contribution in [2.24, 2.45) is 0 Å². The zero-order valence-corrected chi connectivity index (χ0v) is 44.9. The van der Waals surface area contributed by atoms with Gasteiger partial charge in [-0.2, -0.15) is 0 Å². The molecule has 0 rings (SSSR count). The maximum absolute atomic E-state index is 13.4. The van der Waals surface area contributed by atoms with Gasteiger partial charge in [-0.15, -0.1) is 0 Å². The molecule has 0 aromatic carbocycles. The number of allylic oxidation sites excluding steroid dienone is 1. The van der Waals surface area contributed by atoms with Gasteiger partial charge < -0.3 is 19.4 Å². The fraction of sp³-hybridized carbons (Fsp3) is 0.927. The SMILES string of the molecule is CCCCCCCCCCC/C=C/C(OC(=O)CCCCCCCCCCCCCCCCC)C(COP(=O)(O)OCC[N+](C)(C)C)NC(=O)CCCCCCCCCCCCCCC. The summed E-state index contributed by atoms with van der Waals surface area (Å²) in [5.74, 6) is -0.490. The molecule has 0 saturated carbocycles. The van der Waals surface area contributed by atoms with Crippen molar-refractivity contribution >= 4 is 19.7 Å². The summed E-state index contributed by atoms with van der Waals surface area (Å²) in [6, 6.07) is -0.837. The number of phosphoric acid groups is 1. The minimum Gasteiger partial charge on any atom is -0.456 e. The van der Waals surface area contributed by atoms with E-state index in [4.69, 9.17) is 13.8 Å². The van der Waals surface area contributed by atoms with Gasteiger partial charge in [-0.25, -0.2) is 4.57 Å². The van der Waals surface area contributed by atoms with E-state index in [2.05, 4.69) is 26.1 Å². The van der Waals surface area contributed by atoms with Crippen molar-refractivity contribution in [2.45, 2.75) is 290 Å². The first kappa shape index (κ1) is 63.8. The largest absolute Gasteiger partial charge is 0.472 e. The average molecular weight is 942 g/mol. The van der Waals surface area contributed by atoms with E-state index < -0.39 is 20.0 Å². The number of likely N-dealkylation sites (N-methyl/N-ethyl adjacent to an activating group) is 1. The molecule has 0 fully saturated rings. The molecular formula is C55H110N2O7P+. The van der Waals surface area contributed by atoms with Crippen LogP contribution in [0.1, 0.15) is 278 Å². The first-order chi connectivity index (χ1) is 31.4. The molecule has 0 saturated heterocycles. The van der Waals surface area contributed by atoms with Gasteiger partial charge in [0.05, 0.1) is 33.8 Å². The van der Waals surface area contributed by atoms with E-state index in [9.17, 15) is 19.0 Å². The third kappa shape index (κ3) is 47.6. The van der Waals surface area contributed by atoms with Gasteiger partial charge in [0.2, 0.25) is 5.91 Å². The van der Waals surface area contributed by atoms with E-state index >= 15 is 0 Å². The fourth-order valence-corrected chi connectivity index (χ4v) is 9.09. The van der Waals surface area contributed by atoms with Crippen LogP contribution in [0.3, 0.4) is 0 Å². The standard InChI is InChI=1S/C55H109N2O7P/c1-7-10-13-16-19-22-25-27-28-30-33-36-39-42-45-48-55(59)64-53(46-43-40-37-34-31-24-21-18-15-12-9-3)52(51-63-65(60,61)62-50-49-57(4,5)6)56-54(58)47-44-41-38-35-32-29-26-23-20-17-14-11-8-2/h43,46,52-53H,7-42,44-45,47-51H2,1-6H3,(H-,56,58,60,61)/p+1/b46-43+. The smallest absolute Gasteiger partial charge is 0.456 e. The van der Waals surface area contributed by atoms with Crippen LogP contribution in [0.4, 0.5) is 0 Å². The zero-order chi connectivity index (χ0) is 48.0. The highest BCUT2D eigenvalue weighted by Gasteiger charge is 2.30. The van der Waals surface area contributed by atoms with E-state index in [1.54, 1.807) is 0 Å². The second-order valence-corrected chi connectivity index (χ2v) is 21.9. The van der Waals surface area contributed by atoms with Gasteiger partial charge in [0.15, 0.2) is 0 Å². The molecule has 0 aliphatic heterocycles. The normalized spacial score (nSPS) is 13.9. The summed E-state index contributed by atoms with van der Waals surface area (Å²) in [5.41, 5.74) is 0. The molecule has 9 nitrogen and oxygen atoms in total. The van der Waals surface area contributed by atoms with Crippen LogP contribution in [-0.2, 0) is 27.9 Å². The Morgan fingerprint density at radius 1 is 0.523 bits per heavy atom. The molecule has 0 radical (unpaired) electrons. The van der Waals surface area contributed by atoms with Gasteiger partial charge in [-0.3, -0.25) is 18.6 Å². The highest BCUT2D eigenvalue weighted by Crippen LogP contribution is 2.43. The monoisotopic (exact) mass is 942 g/mol. The van der Waals surface area contributed by atoms with Gasteiger partial charge in [0.25, 0.3) is 0 Å². The lowest BCUT2D eigenvalue weighted by atomic mass is 10.0. The molecule has 2 N–H and O–H groups in total. The molecule has 10 heteroatoms. The first-order valence-electron chi connectivity index (χ1n) is 28.0. The Kier molecular flexibility index (Phi) is 45.6. The number of carbonyl (C=O) groups is 2. The van der Waals surface area contributed by atoms with Gasteiger partial charge in [-0.05, 0) is 31.8 Å². The molecule has 0 aromatic rings. The predicted octanol–water partition coefficient (Wildman–Crippen LogP) is 16.4. The summed E-state index contributed by atoms with van der Waals surface area (Å²) in [6.07, 6.45) is 50.5. The summed E-state index contributed by atoms with van der Waals surface area (Å²) in [5, 5.41) is 3.05. The van der Waals surface area contributed by atoms with Crippen molar-refractivity contribution in [3.8, 4) is 0 Å². The molecule has 0 spiro atoms. The third-order valence-corrected chi connectivity index (χ3v) is 13.7. The average Bonchev–Trinajstić information content (AvgIpc) is 3.26. The van der Waals surface area contributed by atoms with E-state index in [1.165, 1.54) is 186 Å². The second kappa shape index (κ2) is 46.5. The number of ether oxygens (including phenoxy) is 1. The lowest BCUT2D eigenvalue weighted by Gasteiger charge is -2.27. The Balaban J connectivity index is 5.31. The lowest BCUT2D eigenvalue weighted by Crippen LogP contribution is -2.47. The van der Waals surface area contributed by atoms with Crippen LogP contribution in [0.25, 0.3) is 0 Å². The lowest BCUT2D eigenvalue weighted by molar-refractivity contribution is -0.870. The van der Waals surface area contributed by atoms with E-state index in [1.807, 2.05) is 33.3 Å². The van der Waals surface area contributed by atoms with Crippen molar-refractivity contribution in [3.63, 3.8) is 0 Å². The molecule has 0 aromatic heterocycles. The number of unbranched alkanes of at least 4 members (excludes halogenated alkanes) is 35. The van der Waals surface area contributed by atoms with E-state index in [0.29, 0.717) is 23.9 Å². The molecule has 65 heavy (non-hydrogen) atoms. The van der Waals surface area contributed by atoms with Crippen LogP contribution >= 0.6 is 7.82 Å². The number of phosphoric ester groups is 1. The van der Waals surface area contributed by atoms with Crippen LogP contribution in [0.15, 0.2) is 12.2 Å². The maximum Gasteiger partial charge on any atom is 0.472 e. The van der Waals surface area contributed by atoms with Crippen molar-refractivity contribution in [2.75, 3.05) is 40.9 Å². The minimum atomic E-state index is -4.43. The van der Waals surface area contributed by atoms with Crippen LogP contribution in [0.5, 0.6) is 0 Å². The van der Waals surface area contributed by atoms with E-state index in [-0.39, 0.29) is 25.1 Å². The Bertz CT molecular complexity index is 1130. The number of quaternary nitrogens is 1. The number of hydrogen-bond acceptors (Lipinski definition) is 6. The van der Waals surface area contributed by atoms with Gasteiger partial charge in [0, 0.05) is 12.8 Å². The van der Waals surface area contributed by atoms with Crippen LogP contribution in [0.2, 0.25) is 0 Å². The second-order valence-electron chi connectivity index (χ2n) is 20.5. The van der Waals surface area contributed by atoms with Crippen molar-refractivity contribution in [1.29, 1.82) is 0 Å². The highest BCUT2D eigenvalue weighted by atomic mass is 31.2. The molecule has 386 valence electrons. The minimum absolute atomic E-state index is 0.0453. The van der Waals surface area contributed by atoms with Gasteiger partial charge >= 0.3 is 13.8 Å². The molecule has 0 aliphatic carbocycles. The number of esters is 1. The first-order valence-corrected chi connectivity index (χ1v) is 29.5. The molecule has 0 heterocycles. The van der Waals surface area contributed by atoms with Crippen molar-refractivity contribution in [1.82, 2.24) is 5.32 Å². The number of rotatable bonds is 51. The number of nitrogens with zero attached hydrogens (tertiary/aromatic N) is 1. The zero-order valence-electron chi connectivity index (χ0n) is 44.0. The molecule has 0 aliphatic rings. The quantitative estimate of drug-likeness (QED) is 0.0205. The number of amides is 1. The Morgan fingerprint density at radius 2 is 0.877 bits per heavy atom. The van der Waals surface area contributed by atoms with Crippen LogP contribution in [-0.4, -0.2) is 74.3 Å². The summed E-state index contributed by atoms with van der Waals surface area (Å²) >= 11 is 0. The van der Waals surface area contributed by atoms with Gasteiger partial charge in [-0.1, -0.05) is 245 Å². The number of nitrogens with one attached hydrogen (secondary N) is 1. The highest BCUT2D eigenvalue weighted by molar-refractivity contribution is 7.47. The van der Waals surface area contributed by atoms with Crippen molar-refractivity contribution < 1.29 is 37.3 Å².